The van der Waals surface area contributed by atoms with Gasteiger partial charge in [0, 0.05) is 10.2 Å². The van der Waals surface area contributed by atoms with E-state index < -0.39 is 0 Å². The predicted molar refractivity (Wildman–Crippen MR) is 120 cm³/mol. The summed E-state index contributed by atoms with van der Waals surface area (Å²) in [6, 6.07) is 17.4. The van der Waals surface area contributed by atoms with E-state index in [1.165, 1.54) is 38.3 Å². The number of hydrogen-bond acceptors (Lipinski definition) is 0. The van der Waals surface area contributed by atoms with Crippen LogP contribution in [-0.2, 0) is 26.2 Å². The average Bonchev–Trinajstić information content (AvgIpc) is 3.19. The van der Waals surface area contributed by atoms with Crippen LogP contribution in [-0.4, -0.2) is 10.2 Å². The smallest absolute Gasteiger partial charge is 1.00 e. The molecule has 1 unspecified atom stereocenters. The second kappa shape index (κ2) is 17.2. The Bertz CT molecular complexity index is 876. The standard InChI is InChI=1S/C14H11.C8H11.C2H6.CH3Si.2ClH.Zr/c1-10-8-12-7-6-11-4-2-3-5-13(11)14(12)9-10;1-6-4-7(2)8(3)5-6;2*1-2;;;/h2-9H,1H3;4,6H,1-3H3;1-2H3;1H3;2*1H;/q2*-1;;;;;+4/p-2. The zero-order valence-corrected chi connectivity index (χ0v) is 23.5. The van der Waals surface area contributed by atoms with Gasteiger partial charge in [0.2, 0.25) is 0 Å². The van der Waals surface area contributed by atoms with Crippen molar-refractivity contribution < 1.29 is 51.0 Å². The molecule has 1 atom stereocenters. The van der Waals surface area contributed by atoms with E-state index in [0.29, 0.717) is 5.92 Å². The van der Waals surface area contributed by atoms with Gasteiger partial charge in [-0.05, 0) is 5.39 Å². The molecule has 3 aromatic rings. The molecule has 4 heteroatoms. The monoisotopic (exact) mass is 519 g/mol. The van der Waals surface area contributed by atoms with Gasteiger partial charge in [0.25, 0.3) is 0 Å². The molecule has 3 aromatic carbocycles. The molecular formula is C25H31Cl2SiZr. The molecule has 29 heavy (non-hydrogen) atoms. The first-order chi connectivity index (χ1) is 12.5. The van der Waals surface area contributed by atoms with Crippen molar-refractivity contribution in [3.05, 3.63) is 77.4 Å². The summed E-state index contributed by atoms with van der Waals surface area (Å²) >= 11 is 0. The van der Waals surface area contributed by atoms with Crippen LogP contribution >= 0.6 is 0 Å². The molecule has 0 saturated heterocycles. The first kappa shape index (κ1) is 33.1. The van der Waals surface area contributed by atoms with Gasteiger partial charge in [-0.25, -0.2) is 11.1 Å². The van der Waals surface area contributed by atoms with Gasteiger partial charge in [-0.1, -0.05) is 82.8 Å². The number of allylic oxidation sites excluding steroid dienone is 4. The molecule has 1 aliphatic rings. The number of halogens is 2. The van der Waals surface area contributed by atoms with Crippen LogP contribution in [0.3, 0.4) is 0 Å². The fourth-order valence-electron chi connectivity index (χ4n) is 3.11. The second-order valence-electron chi connectivity index (χ2n) is 6.23. The minimum absolute atomic E-state index is 0. The van der Waals surface area contributed by atoms with Crippen LogP contribution in [0.1, 0.15) is 40.2 Å². The Morgan fingerprint density at radius 1 is 0.897 bits per heavy atom. The van der Waals surface area contributed by atoms with Crippen molar-refractivity contribution in [2.75, 3.05) is 0 Å². The topological polar surface area (TPSA) is 0 Å². The SMILES string of the molecule is CC.CC1=[C-]C(C)C=C1C.C[Si].Cc1cc2c(ccc3ccccc32)[cH-]1.[Cl-].[Cl-].[Zr+4]. The molecule has 0 amide bonds. The van der Waals surface area contributed by atoms with Gasteiger partial charge >= 0.3 is 26.2 Å². The summed E-state index contributed by atoms with van der Waals surface area (Å²) in [5, 5.41) is 5.41. The van der Waals surface area contributed by atoms with Crippen molar-refractivity contribution >= 4 is 31.8 Å². The number of aryl methyl sites for hydroxylation is 1. The Kier molecular flexibility index (Phi) is 19.6. The third kappa shape index (κ3) is 9.43. The summed E-state index contributed by atoms with van der Waals surface area (Å²) in [6.07, 6.45) is 5.52. The summed E-state index contributed by atoms with van der Waals surface area (Å²) in [6.45, 7) is 14.3. The molecule has 0 aliphatic heterocycles. The van der Waals surface area contributed by atoms with Crippen molar-refractivity contribution in [3.8, 4) is 0 Å². The predicted octanol–water partition coefficient (Wildman–Crippen LogP) is 1.59. The molecule has 0 saturated carbocycles. The fraction of sp³-hybridized carbons (Fsp3) is 0.320. The number of rotatable bonds is 0. The molecule has 153 valence electrons. The van der Waals surface area contributed by atoms with E-state index in [1.54, 1.807) is 6.55 Å². The van der Waals surface area contributed by atoms with Crippen molar-refractivity contribution in [2.24, 2.45) is 5.92 Å². The number of fused-ring (bicyclic) bond motifs is 3. The van der Waals surface area contributed by atoms with Crippen LogP contribution in [0.15, 0.2) is 65.8 Å². The van der Waals surface area contributed by atoms with Crippen LogP contribution < -0.4 is 24.8 Å². The molecule has 0 spiro atoms. The molecule has 0 nitrogen and oxygen atoms in total. The molecule has 0 bridgehead atoms. The number of hydrogen-bond donors (Lipinski definition) is 0. The molecule has 0 N–H and O–H groups in total. The molecule has 0 fully saturated rings. The van der Waals surface area contributed by atoms with Gasteiger partial charge in [-0.15, -0.1) is 35.4 Å². The van der Waals surface area contributed by atoms with Crippen LogP contribution in [0.4, 0.5) is 0 Å². The van der Waals surface area contributed by atoms with Gasteiger partial charge in [0.15, 0.2) is 0 Å². The average molecular weight is 522 g/mol. The van der Waals surface area contributed by atoms with Crippen LogP contribution in [0, 0.1) is 18.9 Å². The largest absolute Gasteiger partial charge is 4.00 e. The molecule has 1 aliphatic carbocycles. The summed E-state index contributed by atoms with van der Waals surface area (Å²) in [5.41, 5.74) is 4.05. The van der Waals surface area contributed by atoms with E-state index >= 15 is 0 Å². The molecular weight excluding hydrogens is 490 g/mol. The Labute approximate surface area is 213 Å². The fourth-order valence-corrected chi connectivity index (χ4v) is 3.11. The zero-order valence-electron chi connectivity index (χ0n) is 18.5. The molecule has 4 rings (SSSR count). The normalized spacial score (nSPS) is 13.4. The molecule has 0 aromatic heterocycles. The zero-order chi connectivity index (χ0) is 19.7. The third-order valence-electron chi connectivity index (χ3n) is 4.30. The second-order valence-corrected chi connectivity index (χ2v) is 6.23. The maximum atomic E-state index is 3.29. The maximum Gasteiger partial charge on any atom is 4.00 e. The third-order valence-corrected chi connectivity index (χ3v) is 4.30. The Morgan fingerprint density at radius 3 is 1.97 bits per heavy atom. The summed E-state index contributed by atoms with van der Waals surface area (Å²) in [7, 11) is 2.97. The van der Waals surface area contributed by atoms with Crippen molar-refractivity contribution in [1.29, 1.82) is 0 Å². The van der Waals surface area contributed by atoms with Crippen molar-refractivity contribution in [2.45, 2.75) is 48.1 Å². The van der Waals surface area contributed by atoms with Crippen molar-refractivity contribution in [3.63, 3.8) is 0 Å². The first-order valence-electron chi connectivity index (χ1n) is 9.38. The minimum atomic E-state index is 0. The number of benzene rings is 2. The van der Waals surface area contributed by atoms with Crippen LogP contribution in [0.2, 0.25) is 6.55 Å². The van der Waals surface area contributed by atoms with E-state index in [9.17, 15) is 0 Å². The van der Waals surface area contributed by atoms with Crippen molar-refractivity contribution in [1.82, 2.24) is 0 Å². The first-order valence-corrected chi connectivity index (χ1v) is 10.4. The quantitative estimate of drug-likeness (QED) is 0.311. The van der Waals surface area contributed by atoms with Gasteiger partial charge in [0.05, 0.1) is 0 Å². The summed E-state index contributed by atoms with van der Waals surface area (Å²) in [4.78, 5) is 0. The molecule has 3 radical (unpaired) electrons. The minimum Gasteiger partial charge on any atom is -1.00 e. The van der Waals surface area contributed by atoms with E-state index in [0.717, 1.165) is 0 Å². The van der Waals surface area contributed by atoms with Gasteiger partial charge < -0.3 is 24.8 Å². The Hall–Kier alpha value is -0.530. The Morgan fingerprint density at radius 2 is 1.48 bits per heavy atom. The maximum absolute atomic E-state index is 3.29. The van der Waals surface area contributed by atoms with E-state index in [2.05, 4.69) is 98.6 Å². The van der Waals surface area contributed by atoms with Crippen LogP contribution in [0.5, 0.6) is 0 Å². The van der Waals surface area contributed by atoms with E-state index in [4.69, 9.17) is 0 Å². The summed E-state index contributed by atoms with van der Waals surface area (Å²) < 4.78 is 0. The van der Waals surface area contributed by atoms with E-state index in [-0.39, 0.29) is 51.0 Å². The molecule has 0 heterocycles. The summed E-state index contributed by atoms with van der Waals surface area (Å²) in [5.74, 6) is 0.551. The Balaban J connectivity index is -0.000000396. The van der Waals surface area contributed by atoms with Gasteiger partial charge in [0.1, 0.15) is 0 Å². The van der Waals surface area contributed by atoms with E-state index in [1.807, 2.05) is 13.8 Å². The van der Waals surface area contributed by atoms with Gasteiger partial charge in [-0.2, -0.15) is 12.1 Å². The van der Waals surface area contributed by atoms with Gasteiger partial charge in [-0.3, -0.25) is 6.08 Å². The van der Waals surface area contributed by atoms with Crippen LogP contribution in [0.25, 0.3) is 21.5 Å².